The van der Waals surface area contributed by atoms with Crippen LogP contribution < -0.4 is 0 Å². The van der Waals surface area contributed by atoms with Gasteiger partial charge in [-0.3, -0.25) is 0 Å². The molecule has 0 aromatic heterocycles. The van der Waals surface area contributed by atoms with E-state index in [4.69, 9.17) is 4.74 Å². The van der Waals surface area contributed by atoms with Crippen LogP contribution in [0.4, 0.5) is 0 Å². The first-order valence-corrected chi connectivity index (χ1v) is 5.94. The number of fused-ring (bicyclic) bond motifs is 1. The second-order valence-electron chi connectivity index (χ2n) is 5.26. The molecule has 1 spiro atoms. The van der Waals surface area contributed by atoms with Gasteiger partial charge < -0.3 is 4.74 Å². The van der Waals surface area contributed by atoms with Crippen LogP contribution in [0.3, 0.4) is 0 Å². The third kappa shape index (κ3) is 0.661. The van der Waals surface area contributed by atoms with Crippen LogP contribution in [0.15, 0.2) is 23.8 Å². The summed E-state index contributed by atoms with van der Waals surface area (Å²) >= 11 is 0. The van der Waals surface area contributed by atoms with Crippen molar-refractivity contribution in [3.05, 3.63) is 23.8 Å². The van der Waals surface area contributed by atoms with Gasteiger partial charge >= 0.3 is 0 Å². The molecule has 0 amide bonds. The van der Waals surface area contributed by atoms with Gasteiger partial charge in [-0.15, -0.1) is 0 Å². The Morgan fingerprint density at radius 2 is 2.21 bits per heavy atom. The van der Waals surface area contributed by atoms with Gasteiger partial charge in [0.15, 0.2) is 0 Å². The average molecular weight is 188 g/mol. The summed E-state index contributed by atoms with van der Waals surface area (Å²) in [5.41, 5.74) is 2.13. The highest BCUT2D eigenvalue weighted by Crippen LogP contribution is 2.64. The van der Waals surface area contributed by atoms with Gasteiger partial charge in [-0.2, -0.15) is 0 Å². The molecule has 2 fully saturated rings. The molecule has 0 radical (unpaired) electrons. The van der Waals surface area contributed by atoms with Crippen LogP contribution in [0.25, 0.3) is 0 Å². The molecule has 1 nitrogen and oxygen atoms in total. The predicted molar refractivity (Wildman–Crippen MR) is 54.8 cm³/mol. The van der Waals surface area contributed by atoms with Crippen molar-refractivity contribution in [2.75, 3.05) is 6.61 Å². The predicted octanol–water partition coefficient (Wildman–Crippen LogP) is 2.69. The molecule has 74 valence electrons. The molecular formula is C13H16O. The Morgan fingerprint density at radius 3 is 3.00 bits per heavy atom. The van der Waals surface area contributed by atoms with E-state index >= 15 is 0 Å². The summed E-state index contributed by atoms with van der Waals surface area (Å²) in [6.07, 6.45) is 13.3. The van der Waals surface area contributed by atoms with E-state index in [1.54, 1.807) is 5.57 Å². The van der Waals surface area contributed by atoms with Gasteiger partial charge in [0, 0.05) is 11.3 Å². The molecule has 4 atom stereocenters. The largest absolute Gasteiger partial charge is 0.377 e. The summed E-state index contributed by atoms with van der Waals surface area (Å²) in [5, 5.41) is 0. The van der Waals surface area contributed by atoms with Crippen molar-refractivity contribution in [1.29, 1.82) is 0 Å². The van der Waals surface area contributed by atoms with Gasteiger partial charge in [0.1, 0.15) is 0 Å². The second kappa shape index (κ2) is 2.33. The van der Waals surface area contributed by atoms with Gasteiger partial charge in [-0.05, 0) is 24.3 Å². The number of ether oxygens (including phenoxy) is 1. The van der Waals surface area contributed by atoms with Gasteiger partial charge in [-0.25, -0.2) is 0 Å². The Hall–Kier alpha value is -0.560. The standard InChI is InChI=1S/C13H16O/c1-2-4-12-11(3-1)13-6-5-9(13)7-10(13)8-14-12/h5-7,10-12H,1-4,8H2. The fraction of sp³-hybridized carbons (Fsp3) is 0.692. The van der Waals surface area contributed by atoms with Crippen molar-refractivity contribution in [2.45, 2.75) is 31.8 Å². The molecule has 3 aliphatic carbocycles. The van der Waals surface area contributed by atoms with E-state index in [-0.39, 0.29) is 0 Å². The van der Waals surface area contributed by atoms with Gasteiger partial charge in [0.2, 0.25) is 0 Å². The van der Waals surface area contributed by atoms with Crippen molar-refractivity contribution in [2.24, 2.45) is 17.3 Å². The summed E-state index contributed by atoms with van der Waals surface area (Å²) in [4.78, 5) is 0. The topological polar surface area (TPSA) is 9.23 Å². The Morgan fingerprint density at radius 1 is 1.29 bits per heavy atom. The van der Waals surface area contributed by atoms with E-state index in [9.17, 15) is 0 Å². The summed E-state index contributed by atoms with van der Waals surface area (Å²) in [6, 6.07) is 0. The third-order valence-corrected chi connectivity index (χ3v) is 4.84. The van der Waals surface area contributed by atoms with E-state index in [1.165, 1.54) is 25.7 Å². The van der Waals surface area contributed by atoms with Crippen LogP contribution in [0.2, 0.25) is 0 Å². The quantitative estimate of drug-likeness (QED) is 0.568. The highest BCUT2D eigenvalue weighted by atomic mass is 16.5. The van der Waals surface area contributed by atoms with Gasteiger partial charge in [0.05, 0.1) is 12.7 Å². The lowest BCUT2D eigenvalue weighted by Gasteiger charge is -2.61. The van der Waals surface area contributed by atoms with Crippen molar-refractivity contribution in [3.8, 4) is 0 Å². The second-order valence-corrected chi connectivity index (χ2v) is 5.26. The zero-order valence-electron chi connectivity index (χ0n) is 8.41. The van der Waals surface area contributed by atoms with Crippen molar-refractivity contribution in [1.82, 2.24) is 0 Å². The summed E-state index contributed by atoms with van der Waals surface area (Å²) in [5.74, 6) is 1.54. The highest BCUT2D eigenvalue weighted by Gasteiger charge is 2.59. The van der Waals surface area contributed by atoms with Gasteiger partial charge in [-0.1, -0.05) is 31.1 Å². The Bertz CT molecular complexity index is 341. The van der Waals surface area contributed by atoms with Crippen molar-refractivity contribution in [3.63, 3.8) is 0 Å². The molecule has 1 heterocycles. The highest BCUT2D eigenvalue weighted by molar-refractivity contribution is 5.53. The van der Waals surface area contributed by atoms with Crippen LogP contribution in [0.5, 0.6) is 0 Å². The van der Waals surface area contributed by atoms with Crippen LogP contribution in [-0.4, -0.2) is 12.7 Å². The molecular weight excluding hydrogens is 172 g/mol. The van der Waals surface area contributed by atoms with E-state index in [2.05, 4.69) is 18.2 Å². The molecule has 4 aliphatic rings. The maximum Gasteiger partial charge on any atom is 0.0615 e. The maximum atomic E-state index is 5.98. The molecule has 1 saturated carbocycles. The minimum absolute atomic E-state index is 0.503. The Labute approximate surface area is 84.8 Å². The molecule has 1 aliphatic heterocycles. The maximum absolute atomic E-state index is 5.98. The molecule has 0 aromatic rings. The SMILES string of the molecule is C1=CC23C1=CC2COC1CCCCC13. The van der Waals surface area contributed by atoms with E-state index < -0.39 is 0 Å². The summed E-state index contributed by atoms with van der Waals surface area (Å²) < 4.78 is 5.98. The lowest BCUT2D eigenvalue weighted by Crippen LogP contribution is -2.58. The fourth-order valence-corrected chi connectivity index (χ4v) is 4.04. The smallest absolute Gasteiger partial charge is 0.0615 e. The minimum atomic E-state index is 0.503. The minimum Gasteiger partial charge on any atom is -0.377 e. The molecule has 4 unspecified atom stereocenters. The van der Waals surface area contributed by atoms with Gasteiger partial charge in [0.25, 0.3) is 0 Å². The molecule has 1 saturated heterocycles. The normalized spacial score (nSPS) is 53.1. The van der Waals surface area contributed by atoms with Crippen LogP contribution in [-0.2, 0) is 4.74 Å². The molecule has 0 aromatic carbocycles. The van der Waals surface area contributed by atoms with E-state index in [0.717, 1.165) is 18.4 Å². The lowest BCUT2D eigenvalue weighted by molar-refractivity contribution is -0.128. The molecule has 4 rings (SSSR count). The summed E-state index contributed by atoms with van der Waals surface area (Å²) in [6.45, 7) is 0.981. The third-order valence-electron chi connectivity index (χ3n) is 4.84. The number of hydrogen-bond donors (Lipinski definition) is 0. The number of hydrogen-bond acceptors (Lipinski definition) is 1. The van der Waals surface area contributed by atoms with Crippen molar-refractivity contribution < 1.29 is 4.74 Å². The fourth-order valence-electron chi connectivity index (χ4n) is 4.04. The first-order valence-electron chi connectivity index (χ1n) is 5.94. The average Bonchev–Trinajstić information content (AvgIpc) is 2.23. The zero-order chi connectivity index (χ0) is 9.17. The van der Waals surface area contributed by atoms with Crippen LogP contribution in [0, 0.1) is 17.3 Å². The lowest BCUT2D eigenvalue weighted by atomic mass is 9.46. The molecule has 1 heteroatoms. The summed E-state index contributed by atoms with van der Waals surface area (Å²) in [7, 11) is 0. The van der Waals surface area contributed by atoms with Crippen molar-refractivity contribution >= 4 is 0 Å². The zero-order valence-corrected chi connectivity index (χ0v) is 8.41. The van der Waals surface area contributed by atoms with Crippen LogP contribution in [0.1, 0.15) is 25.7 Å². The first-order chi connectivity index (χ1) is 6.91. The monoisotopic (exact) mass is 188 g/mol. The molecule has 14 heavy (non-hydrogen) atoms. The number of allylic oxidation sites excluding steroid dienone is 3. The van der Waals surface area contributed by atoms with E-state index in [1.807, 2.05) is 0 Å². The van der Waals surface area contributed by atoms with E-state index in [0.29, 0.717) is 11.5 Å². The Balaban J connectivity index is 1.75. The number of rotatable bonds is 0. The molecule has 0 N–H and O–H groups in total. The molecule has 0 bridgehead atoms. The van der Waals surface area contributed by atoms with Crippen LogP contribution >= 0.6 is 0 Å². The Kier molecular flexibility index (Phi) is 1.28. The first kappa shape index (κ1) is 7.70.